The van der Waals surface area contributed by atoms with Crippen LogP contribution >= 0.6 is 34.5 Å². The van der Waals surface area contributed by atoms with Crippen LogP contribution in [0, 0.1) is 11.3 Å². The van der Waals surface area contributed by atoms with E-state index < -0.39 is 0 Å². The van der Waals surface area contributed by atoms with E-state index in [2.05, 4.69) is 11.1 Å². The highest BCUT2D eigenvalue weighted by molar-refractivity contribution is 7.11. The summed E-state index contributed by atoms with van der Waals surface area (Å²) in [5.41, 5.74) is 2.89. The number of rotatable bonds is 4. The normalized spacial score (nSPS) is 11.2. The molecule has 0 radical (unpaired) electrons. The molecule has 1 aromatic heterocycles. The van der Waals surface area contributed by atoms with Crippen LogP contribution in [-0.2, 0) is 0 Å². The molecule has 124 valence electrons. The van der Waals surface area contributed by atoms with Gasteiger partial charge < -0.3 is 4.74 Å². The molecule has 0 aliphatic rings. The summed E-state index contributed by atoms with van der Waals surface area (Å²) in [6, 6.07) is 15.1. The van der Waals surface area contributed by atoms with Gasteiger partial charge in [0.1, 0.15) is 16.8 Å². The first kappa shape index (κ1) is 17.5. The number of benzene rings is 2. The zero-order valence-electron chi connectivity index (χ0n) is 13.2. The molecule has 3 aromatic rings. The molecular formula is C19H12Cl2N2OS. The summed E-state index contributed by atoms with van der Waals surface area (Å²) in [5, 5.41) is 12.9. The van der Waals surface area contributed by atoms with Gasteiger partial charge in [-0.25, -0.2) is 4.98 Å². The molecule has 0 bridgehead atoms. The van der Waals surface area contributed by atoms with Gasteiger partial charge in [-0.15, -0.1) is 11.3 Å². The van der Waals surface area contributed by atoms with Gasteiger partial charge in [-0.1, -0.05) is 35.3 Å². The number of methoxy groups -OCH3 is 1. The van der Waals surface area contributed by atoms with Crippen LogP contribution in [0.3, 0.4) is 0 Å². The molecule has 0 spiro atoms. The summed E-state index contributed by atoms with van der Waals surface area (Å²) in [7, 11) is 1.63. The average molecular weight is 387 g/mol. The van der Waals surface area contributed by atoms with Crippen molar-refractivity contribution in [1.82, 2.24) is 4.98 Å². The second kappa shape index (κ2) is 7.71. The van der Waals surface area contributed by atoms with E-state index >= 15 is 0 Å². The molecule has 0 aliphatic carbocycles. The number of halogens is 2. The van der Waals surface area contributed by atoms with Crippen LogP contribution in [0.4, 0.5) is 0 Å². The number of nitriles is 1. The Morgan fingerprint density at radius 2 is 1.96 bits per heavy atom. The van der Waals surface area contributed by atoms with Crippen molar-refractivity contribution in [3.8, 4) is 23.1 Å². The highest BCUT2D eigenvalue weighted by Gasteiger charge is 2.11. The largest absolute Gasteiger partial charge is 0.497 e. The zero-order chi connectivity index (χ0) is 17.8. The average Bonchev–Trinajstić information content (AvgIpc) is 3.13. The molecule has 0 unspecified atom stereocenters. The molecule has 0 saturated carbocycles. The predicted octanol–water partition coefficient (Wildman–Crippen LogP) is 6.19. The van der Waals surface area contributed by atoms with Crippen LogP contribution < -0.4 is 4.74 Å². The minimum Gasteiger partial charge on any atom is -0.497 e. The maximum atomic E-state index is 9.50. The molecule has 0 amide bonds. The molecule has 2 aromatic carbocycles. The fraction of sp³-hybridized carbons (Fsp3) is 0.0526. The second-order valence-electron chi connectivity index (χ2n) is 5.08. The van der Waals surface area contributed by atoms with E-state index in [0.29, 0.717) is 26.2 Å². The standard InChI is InChI=1S/C19H12Cl2N2OS/c1-24-15-7-5-12(6-8-15)17-11-25-19(23-17)14(10-22)9-13-3-2-4-16(20)18(13)21/h2-9,11H,1H3. The Bertz CT molecular complexity index is 972. The Morgan fingerprint density at radius 3 is 2.64 bits per heavy atom. The molecule has 0 aliphatic heterocycles. The summed E-state index contributed by atoms with van der Waals surface area (Å²) < 4.78 is 5.16. The van der Waals surface area contributed by atoms with Gasteiger partial charge in [0.25, 0.3) is 0 Å². The lowest BCUT2D eigenvalue weighted by molar-refractivity contribution is 0.415. The van der Waals surface area contributed by atoms with E-state index in [9.17, 15) is 5.26 Å². The Hall–Kier alpha value is -2.32. The van der Waals surface area contributed by atoms with Gasteiger partial charge in [-0.2, -0.15) is 5.26 Å². The van der Waals surface area contributed by atoms with Crippen molar-refractivity contribution in [3.05, 3.63) is 68.5 Å². The number of nitrogens with zero attached hydrogens (tertiary/aromatic N) is 2. The predicted molar refractivity (Wildman–Crippen MR) is 104 cm³/mol. The first-order valence-corrected chi connectivity index (χ1v) is 8.92. The van der Waals surface area contributed by atoms with Crippen LogP contribution in [0.1, 0.15) is 10.6 Å². The number of hydrogen-bond donors (Lipinski definition) is 0. The van der Waals surface area contributed by atoms with Crippen LogP contribution in [0.2, 0.25) is 10.0 Å². The van der Waals surface area contributed by atoms with E-state index in [-0.39, 0.29) is 0 Å². The molecule has 0 fully saturated rings. The quantitative estimate of drug-likeness (QED) is 0.502. The van der Waals surface area contributed by atoms with Gasteiger partial charge in [-0.05, 0) is 42.0 Å². The third-order valence-corrected chi connectivity index (χ3v) is 5.23. The highest BCUT2D eigenvalue weighted by Crippen LogP contribution is 2.31. The fourth-order valence-corrected chi connectivity index (χ4v) is 3.38. The fourth-order valence-electron chi connectivity index (χ4n) is 2.22. The van der Waals surface area contributed by atoms with Gasteiger partial charge in [0.15, 0.2) is 0 Å². The SMILES string of the molecule is COc1ccc(-c2csc(C(C#N)=Cc3cccc(Cl)c3Cl)n2)cc1. The summed E-state index contributed by atoms with van der Waals surface area (Å²) in [5.74, 6) is 0.785. The molecule has 3 rings (SSSR count). The molecule has 6 heteroatoms. The second-order valence-corrected chi connectivity index (χ2v) is 6.72. The lowest BCUT2D eigenvalue weighted by Gasteiger charge is -2.01. The Balaban J connectivity index is 1.95. The molecule has 0 saturated heterocycles. The van der Waals surface area contributed by atoms with Crippen molar-refractivity contribution in [3.63, 3.8) is 0 Å². The van der Waals surface area contributed by atoms with Crippen LogP contribution in [0.25, 0.3) is 22.9 Å². The van der Waals surface area contributed by atoms with Crippen molar-refractivity contribution < 1.29 is 4.74 Å². The summed E-state index contributed by atoms with van der Waals surface area (Å²) >= 11 is 13.6. The molecular weight excluding hydrogens is 375 g/mol. The number of ether oxygens (including phenoxy) is 1. The van der Waals surface area contributed by atoms with Gasteiger partial charge in [0, 0.05) is 10.9 Å². The monoisotopic (exact) mass is 386 g/mol. The van der Waals surface area contributed by atoms with Gasteiger partial charge in [0.05, 0.1) is 28.4 Å². The minimum atomic E-state index is 0.420. The number of hydrogen-bond acceptors (Lipinski definition) is 4. The van der Waals surface area contributed by atoms with Crippen molar-refractivity contribution in [1.29, 1.82) is 5.26 Å². The van der Waals surface area contributed by atoms with E-state index in [1.807, 2.05) is 35.7 Å². The topological polar surface area (TPSA) is 45.9 Å². The first-order chi connectivity index (χ1) is 12.1. The van der Waals surface area contributed by atoms with Crippen molar-refractivity contribution >= 4 is 46.2 Å². The van der Waals surface area contributed by atoms with Crippen LogP contribution in [-0.4, -0.2) is 12.1 Å². The smallest absolute Gasteiger partial charge is 0.134 e. The van der Waals surface area contributed by atoms with E-state index in [1.165, 1.54) is 11.3 Å². The number of allylic oxidation sites excluding steroid dienone is 1. The Kier molecular flexibility index (Phi) is 5.40. The zero-order valence-corrected chi connectivity index (χ0v) is 15.5. The third-order valence-electron chi connectivity index (χ3n) is 3.52. The van der Waals surface area contributed by atoms with Crippen molar-refractivity contribution in [2.75, 3.05) is 7.11 Å². The molecule has 25 heavy (non-hydrogen) atoms. The van der Waals surface area contributed by atoms with E-state index in [4.69, 9.17) is 27.9 Å². The Labute approximate surface area is 159 Å². The molecule has 1 heterocycles. The van der Waals surface area contributed by atoms with Gasteiger partial charge in [-0.3, -0.25) is 0 Å². The maximum Gasteiger partial charge on any atom is 0.134 e. The summed E-state index contributed by atoms with van der Waals surface area (Å²) in [6.07, 6.45) is 1.70. The van der Waals surface area contributed by atoms with Gasteiger partial charge in [0.2, 0.25) is 0 Å². The maximum absolute atomic E-state index is 9.50. The molecule has 0 N–H and O–H groups in total. The van der Waals surface area contributed by atoms with Crippen LogP contribution in [0.5, 0.6) is 5.75 Å². The third kappa shape index (κ3) is 3.85. The summed E-state index contributed by atoms with van der Waals surface area (Å²) in [6.45, 7) is 0. The molecule has 0 atom stereocenters. The highest BCUT2D eigenvalue weighted by atomic mass is 35.5. The van der Waals surface area contributed by atoms with Crippen molar-refractivity contribution in [2.45, 2.75) is 0 Å². The van der Waals surface area contributed by atoms with Crippen LogP contribution in [0.15, 0.2) is 47.8 Å². The van der Waals surface area contributed by atoms with E-state index in [0.717, 1.165) is 17.0 Å². The lowest BCUT2D eigenvalue weighted by atomic mass is 10.1. The first-order valence-electron chi connectivity index (χ1n) is 7.28. The Morgan fingerprint density at radius 1 is 1.20 bits per heavy atom. The lowest BCUT2D eigenvalue weighted by Crippen LogP contribution is -1.85. The minimum absolute atomic E-state index is 0.420. The van der Waals surface area contributed by atoms with E-state index in [1.54, 1.807) is 25.3 Å². The summed E-state index contributed by atoms with van der Waals surface area (Å²) in [4.78, 5) is 4.57. The molecule has 3 nitrogen and oxygen atoms in total. The number of thiazole rings is 1. The van der Waals surface area contributed by atoms with Gasteiger partial charge >= 0.3 is 0 Å². The number of aromatic nitrogens is 1. The van der Waals surface area contributed by atoms with Crippen molar-refractivity contribution in [2.24, 2.45) is 0 Å².